The lowest BCUT2D eigenvalue weighted by atomic mass is 9.98. The van der Waals surface area contributed by atoms with E-state index in [9.17, 15) is 19.6 Å². The van der Waals surface area contributed by atoms with Gasteiger partial charge >= 0.3 is 5.97 Å². The molecule has 0 spiro atoms. The lowest BCUT2D eigenvalue weighted by molar-refractivity contribution is -0.137. The number of rotatable bonds is 11. The predicted molar refractivity (Wildman–Crippen MR) is 152 cm³/mol. The standard InChI is InChI=1S/C27H36N4O4S2/c1-4-5-13-30-24(29-12-9-10-18(2)17-29)20(19(3)21(16-28)25(30)34)15-22-26(35)31(27(36)37-22)14-8-6-7-11-23(32)33/h15,18H,4-14,17H2,1-3H3,(H,32,33)/b22-15+. The van der Waals surface area contributed by atoms with Crippen molar-refractivity contribution in [1.82, 2.24) is 9.47 Å². The van der Waals surface area contributed by atoms with E-state index < -0.39 is 5.97 Å². The number of amides is 1. The van der Waals surface area contributed by atoms with E-state index in [-0.39, 0.29) is 23.5 Å². The molecule has 1 N–H and O–H groups in total. The Morgan fingerprint density at radius 3 is 2.65 bits per heavy atom. The topological polar surface area (TPSA) is 107 Å². The summed E-state index contributed by atoms with van der Waals surface area (Å²) in [5, 5.41) is 18.7. The van der Waals surface area contributed by atoms with Gasteiger partial charge in [0, 0.05) is 38.2 Å². The molecule has 1 unspecified atom stereocenters. The van der Waals surface area contributed by atoms with Gasteiger partial charge in [-0.3, -0.25) is 23.9 Å². The van der Waals surface area contributed by atoms with Crippen LogP contribution in [0.25, 0.3) is 6.08 Å². The number of thiocarbonyl (C=S) groups is 1. The summed E-state index contributed by atoms with van der Waals surface area (Å²) in [5.41, 5.74) is 1.17. The molecule has 0 radical (unpaired) electrons. The van der Waals surface area contributed by atoms with Crippen LogP contribution in [-0.2, 0) is 16.1 Å². The summed E-state index contributed by atoms with van der Waals surface area (Å²) >= 11 is 6.74. The third-order valence-electron chi connectivity index (χ3n) is 6.96. The molecule has 0 aliphatic carbocycles. The average molecular weight is 545 g/mol. The number of thioether (sulfide) groups is 1. The third kappa shape index (κ3) is 6.82. The summed E-state index contributed by atoms with van der Waals surface area (Å²) in [6.45, 7) is 8.66. The molecule has 10 heteroatoms. The first kappa shape index (κ1) is 28.9. The van der Waals surface area contributed by atoms with E-state index in [0.717, 1.165) is 50.2 Å². The molecule has 8 nitrogen and oxygen atoms in total. The van der Waals surface area contributed by atoms with Gasteiger partial charge in [0.2, 0.25) is 0 Å². The summed E-state index contributed by atoms with van der Waals surface area (Å²) in [6.07, 6.45) is 7.74. The highest BCUT2D eigenvalue weighted by molar-refractivity contribution is 8.26. The number of carboxylic acid groups (broad SMARTS) is 1. The minimum absolute atomic E-state index is 0.116. The number of hydrogen-bond donors (Lipinski definition) is 1. The molecule has 2 aliphatic heterocycles. The lowest BCUT2D eigenvalue weighted by Crippen LogP contribution is -2.40. The van der Waals surface area contributed by atoms with Gasteiger partial charge in [0.1, 0.15) is 21.8 Å². The lowest BCUT2D eigenvalue weighted by Gasteiger charge is -2.36. The Hall–Kier alpha value is -2.64. The van der Waals surface area contributed by atoms with E-state index in [1.165, 1.54) is 11.8 Å². The molecule has 1 aromatic heterocycles. The second-order valence-corrected chi connectivity index (χ2v) is 11.6. The summed E-state index contributed by atoms with van der Waals surface area (Å²) in [5.74, 6) is 0.266. The summed E-state index contributed by atoms with van der Waals surface area (Å²) in [7, 11) is 0. The zero-order valence-electron chi connectivity index (χ0n) is 21.9. The number of hydrogen-bond acceptors (Lipinski definition) is 7. The number of pyridine rings is 1. The number of carbonyl (C=O) groups excluding carboxylic acids is 1. The van der Waals surface area contributed by atoms with Crippen LogP contribution in [0.4, 0.5) is 5.82 Å². The van der Waals surface area contributed by atoms with Crippen LogP contribution in [0.15, 0.2) is 9.70 Å². The van der Waals surface area contributed by atoms with Crippen molar-refractivity contribution in [3.8, 4) is 6.07 Å². The number of piperidine rings is 1. The normalized spacial score (nSPS) is 19.1. The number of nitrogens with zero attached hydrogens (tertiary/aromatic N) is 4. The van der Waals surface area contributed by atoms with Crippen molar-refractivity contribution in [2.45, 2.75) is 78.7 Å². The molecule has 200 valence electrons. The van der Waals surface area contributed by atoms with Crippen LogP contribution in [0.3, 0.4) is 0 Å². The first-order valence-corrected chi connectivity index (χ1v) is 14.3. The zero-order chi connectivity index (χ0) is 27.1. The number of carbonyl (C=O) groups is 2. The average Bonchev–Trinajstić information content (AvgIpc) is 3.12. The Morgan fingerprint density at radius 2 is 2.00 bits per heavy atom. The molecule has 0 bridgehead atoms. The van der Waals surface area contributed by atoms with Crippen molar-refractivity contribution >= 4 is 52.1 Å². The smallest absolute Gasteiger partial charge is 0.303 e. The monoisotopic (exact) mass is 544 g/mol. The predicted octanol–water partition coefficient (Wildman–Crippen LogP) is 4.91. The van der Waals surface area contributed by atoms with Gasteiger partial charge in [0.25, 0.3) is 11.5 Å². The molecule has 37 heavy (non-hydrogen) atoms. The first-order valence-electron chi connectivity index (χ1n) is 13.1. The molecule has 2 fully saturated rings. The fourth-order valence-corrected chi connectivity index (χ4v) is 6.23. The van der Waals surface area contributed by atoms with E-state index in [4.69, 9.17) is 17.3 Å². The van der Waals surface area contributed by atoms with Crippen LogP contribution in [0, 0.1) is 24.2 Å². The molecule has 3 heterocycles. The van der Waals surface area contributed by atoms with E-state index in [2.05, 4.69) is 24.8 Å². The summed E-state index contributed by atoms with van der Waals surface area (Å²) < 4.78 is 2.21. The van der Waals surface area contributed by atoms with Crippen molar-refractivity contribution in [1.29, 1.82) is 5.26 Å². The van der Waals surface area contributed by atoms with Crippen LogP contribution < -0.4 is 10.5 Å². The quantitative estimate of drug-likeness (QED) is 0.238. The molecule has 1 amide bonds. The fraction of sp³-hybridized carbons (Fsp3) is 0.593. The summed E-state index contributed by atoms with van der Waals surface area (Å²) in [4.78, 5) is 41.8. The maximum atomic E-state index is 13.4. The molecule has 1 aromatic rings. The largest absolute Gasteiger partial charge is 0.481 e. The van der Waals surface area contributed by atoms with Gasteiger partial charge in [-0.15, -0.1) is 0 Å². The van der Waals surface area contributed by atoms with E-state index in [1.54, 1.807) is 16.4 Å². The molecule has 2 saturated heterocycles. The van der Waals surface area contributed by atoms with E-state index in [0.29, 0.717) is 53.1 Å². The van der Waals surface area contributed by atoms with Crippen LogP contribution >= 0.6 is 24.0 Å². The molecule has 3 rings (SSSR count). The Labute approximate surface area is 228 Å². The summed E-state index contributed by atoms with van der Waals surface area (Å²) in [6, 6.07) is 2.11. The molecular weight excluding hydrogens is 508 g/mol. The molecule has 0 aromatic carbocycles. The second kappa shape index (κ2) is 13.2. The van der Waals surface area contributed by atoms with Crippen LogP contribution in [0.1, 0.15) is 81.9 Å². The molecule has 2 aliphatic rings. The van der Waals surface area contributed by atoms with Gasteiger partial charge in [0.15, 0.2) is 0 Å². The van der Waals surface area contributed by atoms with Crippen molar-refractivity contribution in [3.05, 3.63) is 31.9 Å². The SMILES string of the molecule is CCCCn1c(N2CCCC(C)C2)c(/C=C2/SC(=S)N(CCCCCC(=O)O)C2=O)c(C)c(C#N)c1=O. The van der Waals surface area contributed by atoms with Gasteiger partial charge in [-0.05, 0) is 56.6 Å². The first-order chi connectivity index (χ1) is 17.7. The van der Waals surface area contributed by atoms with Gasteiger partial charge < -0.3 is 10.0 Å². The maximum Gasteiger partial charge on any atom is 0.303 e. The number of unbranched alkanes of at least 4 members (excludes halogenated alkanes) is 3. The highest BCUT2D eigenvalue weighted by Gasteiger charge is 2.33. The van der Waals surface area contributed by atoms with Crippen LogP contribution in [0.5, 0.6) is 0 Å². The number of aliphatic carboxylic acids is 1. The van der Waals surface area contributed by atoms with Gasteiger partial charge in [-0.1, -0.05) is 50.7 Å². The minimum atomic E-state index is -0.820. The van der Waals surface area contributed by atoms with Crippen molar-refractivity contribution in [2.75, 3.05) is 24.5 Å². The van der Waals surface area contributed by atoms with Crippen LogP contribution in [-0.4, -0.2) is 50.4 Å². The minimum Gasteiger partial charge on any atom is -0.481 e. The van der Waals surface area contributed by atoms with E-state index >= 15 is 0 Å². The Kier molecular flexibility index (Phi) is 10.4. The molecular formula is C27H36N4O4S2. The van der Waals surface area contributed by atoms with Gasteiger partial charge in [-0.25, -0.2) is 0 Å². The number of aromatic nitrogens is 1. The fourth-order valence-electron chi connectivity index (χ4n) is 4.94. The van der Waals surface area contributed by atoms with Crippen molar-refractivity contribution < 1.29 is 14.7 Å². The number of nitriles is 1. The van der Waals surface area contributed by atoms with Gasteiger partial charge in [-0.2, -0.15) is 5.26 Å². The maximum absolute atomic E-state index is 13.4. The highest BCUT2D eigenvalue weighted by Crippen LogP contribution is 2.37. The van der Waals surface area contributed by atoms with Gasteiger partial charge in [0.05, 0.1) is 4.91 Å². The molecule has 1 atom stereocenters. The Bertz CT molecular complexity index is 1180. The van der Waals surface area contributed by atoms with Crippen molar-refractivity contribution in [2.24, 2.45) is 5.92 Å². The Morgan fingerprint density at radius 1 is 1.24 bits per heavy atom. The second-order valence-electron chi connectivity index (χ2n) is 9.89. The number of anilines is 1. The molecule has 0 saturated carbocycles. The van der Waals surface area contributed by atoms with Crippen molar-refractivity contribution in [3.63, 3.8) is 0 Å². The third-order valence-corrected chi connectivity index (χ3v) is 8.34. The zero-order valence-corrected chi connectivity index (χ0v) is 23.6. The Balaban J connectivity index is 2.01. The van der Waals surface area contributed by atoms with Crippen LogP contribution in [0.2, 0.25) is 0 Å². The van der Waals surface area contributed by atoms with E-state index in [1.807, 2.05) is 6.08 Å². The highest BCUT2D eigenvalue weighted by atomic mass is 32.2. The number of carboxylic acids is 1.